The average molecular weight is 282 g/mol. The van der Waals surface area contributed by atoms with Gasteiger partial charge in [0.2, 0.25) is 0 Å². The summed E-state index contributed by atoms with van der Waals surface area (Å²) in [5, 5.41) is 0. The molecule has 2 N–H and O–H groups in total. The van der Waals surface area contributed by atoms with Crippen LogP contribution in [0.3, 0.4) is 0 Å². The molecule has 0 aliphatic carbocycles. The fraction of sp³-hybridized carbons (Fsp3) is 0.368. The van der Waals surface area contributed by atoms with Crippen LogP contribution in [0.15, 0.2) is 54.6 Å². The third-order valence-corrected chi connectivity index (χ3v) is 3.74. The Hall–Kier alpha value is -1.96. The largest absolute Gasteiger partial charge is 0.399 e. The van der Waals surface area contributed by atoms with Gasteiger partial charge in [-0.15, -0.1) is 0 Å². The number of hydrogen-bond donors (Lipinski definition) is 1. The van der Waals surface area contributed by atoms with E-state index in [1.165, 1.54) is 36.9 Å². The van der Waals surface area contributed by atoms with Crippen LogP contribution < -0.4 is 10.6 Å². The third-order valence-electron chi connectivity index (χ3n) is 3.74. The molecule has 0 fully saturated rings. The van der Waals surface area contributed by atoms with Gasteiger partial charge in [0.1, 0.15) is 0 Å². The first-order valence-electron chi connectivity index (χ1n) is 7.94. The molecule has 0 spiro atoms. The van der Waals surface area contributed by atoms with Gasteiger partial charge in [0.15, 0.2) is 0 Å². The molecule has 0 saturated carbocycles. The van der Waals surface area contributed by atoms with Crippen LogP contribution in [0.4, 0.5) is 11.4 Å². The summed E-state index contributed by atoms with van der Waals surface area (Å²) in [6, 6.07) is 19.0. The van der Waals surface area contributed by atoms with Crippen molar-refractivity contribution in [3.8, 4) is 0 Å². The average Bonchev–Trinajstić information content (AvgIpc) is 2.52. The van der Waals surface area contributed by atoms with E-state index in [1.807, 2.05) is 12.1 Å². The normalized spacial score (nSPS) is 10.5. The maximum absolute atomic E-state index is 5.77. The van der Waals surface area contributed by atoms with Crippen LogP contribution in [-0.2, 0) is 6.42 Å². The van der Waals surface area contributed by atoms with E-state index in [2.05, 4.69) is 54.3 Å². The first-order chi connectivity index (χ1) is 10.3. The molecule has 2 heteroatoms. The van der Waals surface area contributed by atoms with Gasteiger partial charge < -0.3 is 10.6 Å². The Morgan fingerprint density at radius 3 is 2.24 bits per heavy atom. The summed E-state index contributed by atoms with van der Waals surface area (Å²) >= 11 is 0. The summed E-state index contributed by atoms with van der Waals surface area (Å²) in [7, 11) is 0. The summed E-state index contributed by atoms with van der Waals surface area (Å²) in [5.41, 5.74) is 9.32. The monoisotopic (exact) mass is 282 g/mol. The predicted molar refractivity (Wildman–Crippen MR) is 92.7 cm³/mol. The number of rotatable bonds is 8. The maximum Gasteiger partial charge on any atom is 0.0367 e. The molecule has 0 aromatic heterocycles. The second kappa shape index (κ2) is 8.35. The topological polar surface area (TPSA) is 29.3 Å². The van der Waals surface area contributed by atoms with Gasteiger partial charge in [-0.05, 0) is 55.5 Å². The SMILES string of the molecule is CCCN(CCCCc1ccccc1)c1ccc(N)cc1. The van der Waals surface area contributed by atoms with E-state index in [4.69, 9.17) is 5.73 Å². The smallest absolute Gasteiger partial charge is 0.0367 e. The Bertz CT molecular complexity index is 505. The highest BCUT2D eigenvalue weighted by Gasteiger charge is 2.05. The van der Waals surface area contributed by atoms with Crippen molar-refractivity contribution < 1.29 is 0 Å². The third kappa shape index (κ3) is 5.14. The molecule has 0 atom stereocenters. The molecule has 2 rings (SSSR count). The lowest BCUT2D eigenvalue weighted by atomic mass is 10.1. The van der Waals surface area contributed by atoms with Gasteiger partial charge in [0, 0.05) is 24.5 Å². The van der Waals surface area contributed by atoms with Crippen LogP contribution in [0.25, 0.3) is 0 Å². The van der Waals surface area contributed by atoms with Crippen LogP contribution in [0.2, 0.25) is 0 Å². The first kappa shape index (κ1) is 15.4. The quantitative estimate of drug-likeness (QED) is 0.570. The van der Waals surface area contributed by atoms with Gasteiger partial charge in [-0.25, -0.2) is 0 Å². The Morgan fingerprint density at radius 1 is 0.857 bits per heavy atom. The molecule has 0 radical (unpaired) electrons. The molecule has 2 nitrogen and oxygen atoms in total. The molecular formula is C19H26N2. The molecule has 2 aromatic rings. The lowest BCUT2D eigenvalue weighted by Gasteiger charge is -2.24. The van der Waals surface area contributed by atoms with Crippen molar-refractivity contribution >= 4 is 11.4 Å². The number of anilines is 2. The second-order valence-electron chi connectivity index (χ2n) is 5.52. The van der Waals surface area contributed by atoms with E-state index in [0.29, 0.717) is 0 Å². The summed E-state index contributed by atoms with van der Waals surface area (Å²) in [6.45, 7) is 4.45. The maximum atomic E-state index is 5.77. The van der Waals surface area contributed by atoms with Crippen molar-refractivity contribution in [3.63, 3.8) is 0 Å². The van der Waals surface area contributed by atoms with Crippen molar-refractivity contribution in [1.29, 1.82) is 0 Å². The van der Waals surface area contributed by atoms with E-state index in [0.717, 1.165) is 18.8 Å². The van der Waals surface area contributed by atoms with E-state index < -0.39 is 0 Å². The van der Waals surface area contributed by atoms with Crippen molar-refractivity contribution in [2.24, 2.45) is 0 Å². The Balaban J connectivity index is 1.81. The second-order valence-corrected chi connectivity index (χ2v) is 5.52. The highest BCUT2D eigenvalue weighted by Crippen LogP contribution is 2.17. The van der Waals surface area contributed by atoms with Gasteiger partial charge >= 0.3 is 0 Å². The number of hydrogen-bond acceptors (Lipinski definition) is 2. The Kier molecular flexibility index (Phi) is 6.14. The zero-order chi connectivity index (χ0) is 14.9. The molecule has 0 aliphatic rings. The lowest BCUT2D eigenvalue weighted by Crippen LogP contribution is -2.25. The number of benzene rings is 2. The Morgan fingerprint density at radius 2 is 1.57 bits per heavy atom. The molecule has 2 aromatic carbocycles. The molecule has 0 bridgehead atoms. The van der Waals surface area contributed by atoms with Crippen molar-refractivity contribution in [2.45, 2.75) is 32.6 Å². The zero-order valence-electron chi connectivity index (χ0n) is 13.0. The molecule has 112 valence electrons. The van der Waals surface area contributed by atoms with Crippen LogP contribution >= 0.6 is 0 Å². The van der Waals surface area contributed by atoms with Crippen molar-refractivity contribution in [1.82, 2.24) is 0 Å². The highest BCUT2D eigenvalue weighted by atomic mass is 15.1. The van der Waals surface area contributed by atoms with E-state index in [1.54, 1.807) is 0 Å². The molecule has 0 heterocycles. The molecule has 0 unspecified atom stereocenters. The number of nitrogens with two attached hydrogens (primary N) is 1. The summed E-state index contributed by atoms with van der Waals surface area (Å²) < 4.78 is 0. The number of nitrogen functional groups attached to an aromatic ring is 1. The van der Waals surface area contributed by atoms with Gasteiger partial charge in [-0.1, -0.05) is 37.3 Å². The fourth-order valence-corrected chi connectivity index (χ4v) is 2.60. The van der Waals surface area contributed by atoms with Gasteiger partial charge in [-0.3, -0.25) is 0 Å². The minimum atomic E-state index is 0.833. The summed E-state index contributed by atoms with van der Waals surface area (Å²) in [5.74, 6) is 0. The molecule has 0 aliphatic heterocycles. The standard InChI is InChI=1S/C19H26N2/c1-2-15-21(19-13-11-18(20)12-14-19)16-7-6-10-17-8-4-3-5-9-17/h3-5,8-9,11-14H,2,6-7,10,15-16,20H2,1H3. The minimum Gasteiger partial charge on any atom is -0.399 e. The number of aryl methyl sites for hydroxylation is 1. The predicted octanol–water partition coefficient (Wildman–Crippen LogP) is 4.51. The van der Waals surface area contributed by atoms with E-state index >= 15 is 0 Å². The molecule has 0 amide bonds. The first-order valence-corrected chi connectivity index (χ1v) is 7.94. The van der Waals surface area contributed by atoms with Gasteiger partial charge in [0.25, 0.3) is 0 Å². The van der Waals surface area contributed by atoms with Gasteiger partial charge in [-0.2, -0.15) is 0 Å². The minimum absolute atomic E-state index is 0.833. The van der Waals surface area contributed by atoms with E-state index in [-0.39, 0.29) is 0 Å². The van der Waals surface area contributed by atoms with Crippen LogP contribution in [0.5, 0.6) is 0 Å². The Labute approximate surface area is 128 Å². The lowest BCUT2D eigenvalue weighted by molar-refractivity contribution is 0.677. The van der Waals surface area contributed by atoms with Crippen molar-refractivity contribution in [3.05, 3.63) is 60.2 Å². The zero-order valence-corrected chi connectivity index (χ0v) is 13.0. The van der Waals surface area contributed by atoms with Crippen LogP contribution in [0.1, 0.15) is 31.7 Å². The number of nitrogens with zero attached hydrogens (tertiary/aromatic N) is 1. The highest BCUT2D eigenvalue weighted by molar-refractivity contribution is 5.53. The summed E-state index contributed by atoms with van der Waals surface area (Å²) in [4.78, 5) is 2.46. The van der Waals surface area contributed by atoms with Crippen molar-refractivity contribution in [2.75, 3.05) is 23.7 Å². The number of unbranched alkanes of at least 4 members (excludes halogenated alkanes) is 1. The molecular weight excluding hydrogens is 256 g/mol. The van der Waals surface area contributed by atoms with Crippen LogP contribution in [0, 0.1) is 0 Å². The van der Waals surface area contributed by atoms with E-state index in [9.17, 15) is 0 Å². The molecule has 0 saturated heterocycles. The van der Waals surface area contributed by atoms with Crippen LogP contribution in [-0.4, -0.2) is 13.1 Å². The fourth-order valence-electron chi connectivity index (χ4n) is 2.60. The van der Waals surface area contributed by atoms with Gasteiger partial charge in [0.05, 0.1) is 0 Å². The molecule has 21 heavy (non-hydrogen) atoms. The summed E-state index contributed by atoms with van der Waals surface area (Å²) in [6.07, 6.45) is 4.80.